The molecular weight excluding hydrogens is 309 g/mol. The Morgan fingerprint density at radius 1 is 1.14 bits per heavy atom. The van der Waals surface area contributed by atoms with Crippen molar-refractivity contribution in [1.82, 2.24) is 0 Å². The van der Waals surface area contributed by atoms with Crippen LogP contribution < -0.4 is 0 Å². The lowest BCUT2D eigenvalue weighted by Gasteiger charge is -2.03. The SMILES string of the molecule is COC(=O)c1ccc(C2=Nc3cc(Cl)c(Cl)cc3C2)cc1. The van der Waals surface area contributed by atoms with Crippen LogP contribution in [0.3, 0.4) is 0 Å². The van der Waals surface area contributed by atoms with Gasteiger partial charge in [0.15, 0.2) is 0 Å². The Kier molecular flexibility index (Phi) is 3.70. The first kappa shape index (κ1) is 14.1. The molecule has 5 heteroatoms. The van der Waals surface area contributed by atoms with Crippen LogP contribution in [0.15, 0.2) is 41.4 Å². The number of benzene rings is 2. The molecule has 0 aliphatic carbocycles. The molecule has 0 saturated heterocycles. The smallest absolute Gasteiger partial charge is 0.337 e. The summed E-state index contributed by atoms with van der Waals surface area (Å²) in [5.41, 5.74) is 4.31. The van der Waals surface area contributed by atoms with Crippen molar-refractivity contribution in [2.75, 3.05) is 7.11 Å². The van der Waals surface area contributed by atoms with Gasteiger partial charge in [0.25, 0.3) is 0 Å². The summed E-state index contributed by atoms with van der Waals surface area (Å²) < 4.78 is 4.68. The molecule has 2 aromatic rings. The minimum absolute atomic E-state index is 0.350. The van der Waals surface area contributed by atoms with Crippen LogP contribution in [0.2, 0.25) is 10.0 Å². The normalized spacial score (nSPS) is 12.8. The minimum Gasteiger partial charge on any atom is -0.465 e. The maximum absolute atomic E-state index is 11.4. The fraction of sp³-hybridized carbons (Fsp3) is 0.125. The highest BCUT2D eigenvalue weighted by molar-refractivity contribution is 6.42. The quantitative estimate of drug-likeness (QED) is 0.767. The number of rotatable bonds is 2. The molecule has 1 aliphatic heterocycles. The lowest BCUT2D eigenvalue weighted by atomic mass is 10.0. The van der Waals surface area contributed by atoms with Crippen molar-refractivity contribution in [3.05, 3.63) is 63.1 Å². The predicted octanol–water partition coefficient (Wildman–Crippen LogP) is 4.46. The highest BCUT2D eigenvalue weighted by Crippen LogP contribution is 2.35. The fourth-order valence-electron chi connectivity index (χ4n) is 2.27. The third-order valence-electron chi connectivity index (χ3n) is 3.37. The van der Waals surface area contributed by atoms with Crippen molar-refractivity contribution >= 4 is 40.6 Å². The largest absolute Gasteiger partial charge is 0.465 e. The van der Waals surface area contributed by atoms with Crippen LogP contribution in [0.25, 0.3) is 0 Å². The average Bonchev–Trinajstić information content (AvgIpc) is 2.90. The first-order chi connectivity index (χ1) is 10.1. The number of methoxy groups -OCH3 is 1. The monoisotopic (exact) mass is 319 g/mol. The molecule has 1 aliphatic rings. The van der Waals surface area contributed by atoms with Crippen molar-refractivity contribution < 1.29 is 9.53 Å². The Morgan fingerprint density at radius 3 is 2.48 bits per heavy atom. The zero-order chi connectivity index (χ0) is 15.0. The molecular formula is C16H11Cl2NO2. The Hall–Kier alpha value is -1.84. The number of nitrogens with zero attached hydrogens (tertiary/aromatic N) is 1. The molecule has 0 unspecified atom stereocenters. The summed E-state index contributed by atoms with van der Waals surface area (Å²) in [5.74, 6) is -0.350. The van der Waals surface area contributed by atoms with Crippen LogP contribution in [-0.2, 0) is 11.2 Å². The highest BCUT2D eigenvalue weighted by atomic mass is 35.5. The summed E-state index contributed by atoms with van der Waals surface area (Å²) in [7, 11) is 1.36. The Labute approximate surface area is 132 Å². The predicted molar refractivity (Wildman–Crippen MR) is 84.1 cm³/mol. The molecule has 3 nitrogen and oxygen atoms in total. The van der Waals surface area contributed by atoms with Crippen molar-refractivity contribution in [2.24, 2.45) is 4.99 Å². The van der Waals surface area contributed by atoms with Crippen molar-refractivity contribution in [1.29, 1.82) is 0 Å². The number of esters is 1. The van der Waals surface area contributed by atoms with E-state index in [0.29, 0.717) is 22.0 Å². The molecule has 0 saturated carbocycles. The maximum Gasteiger partial charge on any atom is 0.337 e. The second kappa shape index (κ2) is 5.51. The van der Waals surface area contributed by atoms with E-state index in [-0.39, 0.29) is 5.97 Å². The van der Waals surface area contributed by atoms with Gasteiger partial charge in [0, 0.05) is 6.42 Å². The van der Waals surface area contributed by atoms with Crippen molar-refractivity contribution in [3.8, 4) is 0 Å². The molecule has 0 N–H and O–H groups in total. The van der Waals surface area contributed by atoms with Gasteiger partial charge in [-0.25, -0.2) is 4.79 Å². The minimum atomic E-state index is -0.350. The van der Waals surface area contributed by atoms with E-state index >= 15 is 0 Å². The number of carbonyl (C=O) groups is 1. The fourth-order valence-corrected chi connectivity index (χ4v) is 2.62. The molecule has 0 amide bonds. The van der Waals surface area contributed by atoms with Gasteiger partial charge in [0.05, 0.1) is 34.1 Å². The molecule has 0 radical (unpaired) electrons. The molecule has 0 fully saturated rings. The number of ether oxygens (including phenoxy) is 1. The lowest BCUT2D eigenvalue weighted by Crippen LogP contribution is -2.04. The first-order valence-electron chi connectivity index (χ1n) is 6.32. The zero-order valence-electron chi connectivity index (χ0n) is 11.2. The molecule has 21 heavy (non-hydrogen) atoms. The van der Waals surface area contributed by atoms with Crippen LogP contribution in [0, 0.1) is 0 Å². The van der Waals surface area contributed by atoms with E-state index in [9.17, 15) is 4.79 Å². The van der Waals surface area contributed by atoms with E-state index in [1.807, 2.05) is 18.2 Å². The third-order valence-corrected chi connectivity index (χ3v) is 4.10. The molecule has 1 heterocycles. The zero-order valence-corrected chi connectivity index (χ0v) is 12.7. The summed E-state index contributed by atoms with van der Waals surface area (Å²) in [6.45, 7) is 0. The Morgan fingerprint density at radius 2 is 1.81 bits per heavy atom. The topological polar surface area (TPSA) is 38.7 Å². The molecule has 0 bridgehead atoms. The van der Waals surface area contributed by atoms with E-state index in [1.165, 1.54) is 7.11 Å². The van der Waals surface area contributed by atoms with Gasteiger partial charge in [0.2, 0.25) is 0 Å². The molecule has 0 spiro atoms. The van der Waals surface area contributed by atoms with Crippen LogP contribution in [0.1, 0.15) is 21.5 Å². The van der Waals surface area contributed by atoms with E-state index < -0.39 is 0 Å². The molecule has 3 rings (SSSR count). The summed E-state index contributed by atoms with van der Waals surface area (Å²) in [6.07, 6.45) is 0.698. The molecule has 0 atom stereocenters. The highest BCUT2D eigenvalue weighted by Gasteiger charge is 2.18. The first-order valence-corrected chi connectivity index (χ1v) is 7.08. The summed E-state index contributed by atoms with van der Waals surface area (Å²) >= 11 is 12.0. The summed E-state index contributed by atoms with van der Waals surface area (Å²) in [4.78, 5) is 16.0. The Balaban J connectivity index is 1.90. The lowest BCUT2D eigenvalue weighted by molar-refractivity contribution is 0.0600. The third kappa shape index (κ3) is 2.67. The standard InChI is InChI=1S/C16H11Cl2NO2/c1-21-16(20)10-4-2-9(3-5-10)14-7-11-6-12(17)13(18)8-15(11)19-14/h2-6,8H,7H2,1H3. The number of halogens is 2. The van der Waals surface area contributed by atoms with E-state index in [4.69, 9.17) is 23.2 Å². The van der Waals surface area contributed by atoms with E-state index in [1.54, 1.807) is 18.2 Å². The molecule has 2 aromatic carbocycles. The maximum atomic E-state index is 11.4. The van der Waals surface area contributed by atoms with Gasteiger partial charge in [-0.15, -0.1) is 0 Å². The van der Waals surface area contributed by atoms with Crippen LogP contribution in [0.5, 0.6) is 0 Å². The van der Waals surface area contributed by atoms with Crippen LogP contribution >= 0.6 is 23.2 Å². The van der Waals surface area contributed by atoms with Gasteiger partial charge in [-0.2, -0.15) is 0 Å². The van der Waals surface area contributed by atoms with Crippen molar-refractivity contribution in [3.63, 3.8) is 0 Å². The second-order valence-electron chi connectivity index (χ2n) is 4.70. The number of aliphatic imine (C=N–C) groups is 1. The number of hydrogen-bond donors (Lipinski definition) is 0. The number of carbonyl (C=O) groups excluding carboxylic acids is 1. The van der Waals surface area contributed by atoms with E-state index in [0.717, 1.165) is 22.5 Å². The van der Waals surface area contributed by atoms with Gasteiger partial charge in [-0.1, -0.05) is 35.3 Å². The van der Waals surface area contributed by atoms with Gasteiger partial charge in [-0.05, 0) is 35.4 Å². The van der Waals surface area contributed by atoms with Gasteiger partial charge < -0.3 is 4.74 Å². The van der Waals surface area contributed by atoms with Crippen LogP contribution in [0.4, 0.5) is 5.69 Å². The molecule has 106 valence electrons. The molecule has 0 aromatic heterocycles. The van der Waals surface area contributed by atoms with Crippen LogP contribution in [-0.4, -0.2) is 18.8 Å². The van der Waals surface area contributed by atoms with Crippen molar-refractivity contribution in [2.45, 2.75) is 6.42 Å². The number of fused-ring (bicyclic) bond motifs is 1. The van der Waals surface area contributed by atoms with E-state index in [2.05, 4.69) is 9.73 Å². The second-order valence-corrected chi connectivity index (χ2v) is 5.51. The van der Waals surface area contributed by atoms with Gasteiger partial charge in [-0.3, -0.25) is 4.99 Å². The summed E-state index contributed by atoms with van der Waals surface area (Å²) in [6, 6.07) is 10.8. The summed E-state index contributed by atoms with van der Waals surface area (Å²) in [5, 5.41) is 1.04. The number of hydrogen-bond acceptors (Lipinski definition) is 3. The van der Waals surface area contributed by atoms with Gasteiger partial charge in [0.1, 0.15) is 0 Å². The average molecular weight is 320 g/mol. The Bertz CT molecular complexity index is 752. The van der Waals surface area contributed by atoms with Gasteiger partial charge >= 0.3 is 5.97 Å².